The molecule has 1 N–H and O–H groups in total. The fourth-order valence-corrected chi connectivity index (χ4v) is 5.69. The fourth-order valence-electron chi connectivity index (χ4n) is 4.81. The van der Waals surface area contributed by atoms with Crippen LogP contribution >= 0.6 is 31.9 Å². The Labute approximate surface area is 271 Å². The number of nitrogens with zero attached hydrogens (tertiary/aromatic N) is 3. The van der Waals surface area contributed by atoms with Gasteiger partial charge in [0.2, 0.25) is 0 Å². The van der Waals surface area contributed by atoms with E-state index < -0.39 is 48.0 Å². The Morgan fingerprint density at radius 1 is 0.778 bits per heavy atom. The van der Waals surface area contributed by atoms with Gasteiger partial charge in [-0.25, -0.2) is 24.0 Å². The lowest BCUT2D eigenvalue weighted by Gasteiger charge is -2.24. The van der Waals surface area contributed by atoms with Crippen LogP contribution in [-0.4, -0.2) is 62.6 Å². The van der Waals surface area contributed by atoms with E-state index in [1.807, 2.05) is 0 Å². The number of benzene rings is 3. The monoisotopic (exact) mass is 736 g/mol. The molecule has 3 aromatic carbocycles. The van der Waals surface area contributed by atoms with Gasteiger partial charge in [0.15, 0.2) is 28.8 Å². The van der Waals surface area contributed by atoms with Gasteiger partial charge in [-0.05, 0) is 68.3 Å². The molecule has 14 heteroatoms. The Hall–Kier alpha value is -4.66. The predicted octanol–water partition coefficient (Wildman–Crippen LogP) is 4.85. The Balaban J connectivity index is 1.41. The van der Waals surface area contributed by atoms with E-state index in [1.54, 1.807) is 91.0 Å². The van der Waals surface area contributed by atoms with E-state index in [2.05, 4.69) is 46.9 Å². The second-order valence-electron chi connectivity index (χ2n) is 9.79. The number of rotatable bonds is 8. The Bertz CT molecular complexity index is 1920. The summed E-state index contributed by atoms with van der Waals surface area (Å²) in [5.74, 6) is -2.11. The van der Waals surface area contributed by atoms with Crippen LogP contribution in [0.3, 0.4) is 0 Å². The van der Waals surface area contributed by atoms with E-state index in [9.17, 15) is 19.2 Å². The molecule has 0 unspecified atom stereocenters. The lowest BCUT2D eigenvalue weighted by molar-refractivity contribution is -0.0655. The van der Waals surface area contributed by atoms with Crippen LogP contribution in [0.1, 0.15) is 37.3 Å². The molecule has 1 aliphatic rings. The van der Waals surface area contributed by atoms with Crippen LogP contribution in [0.4, 0.5) is 0 Å². The van der Waals surface area contributed by atoms with E-state index in [-0.39, 0.29) is 38.1 Å². The number of carbonyl (C=O) groups is 3. The topological polar surface area (TPSA) is 152 Å². The molecule has 0 amide bonds. The van der Waals surface area contributed by atoms with Gasteiger partial charge < -0.3 is 23.9 Å². The maximum Gasteiger partial charge on any atom is 0.338 e. The molecule has 228 valence electrons. The van der Waals surface area contributed by atoms with Gasteiger partial charge in [0, 0.05) is 0 Å². The van der Waals surface area contributed by atoms with Crippen LogP contribution < -0.4 is 5.56 Å². The van der Waals surface area contributed by atoms with Crippen molar-refractivity contribution in [3.63, 3.8) is 0 Å². The Kier molecular flexibility index (Phi) is 8.87. The largest absolute Gasteiger partial charge is 0.459 e. The summed E-state index contributed by atoms with van der Waals surface area (Å²) in [4.78, 5) is 59.3. The first kappa shape index (κ1) is 30.4. The van der Waals surface area contributed by atoms with Gasteiger partial charge >= 0.3 is 17.9 Å². The van der Waals surface area contributed by atoms with Crippen molar-refractivity contribution in [1.82, 2.24) is 19.7 Å². The first-order valence-corrected chi connectivity index (χ1v) is 15.1. The van der Waals surface area contributed by atoms with Crippen molar-refractivity contribution in [3.8, 4) is 0 Å². The third kappa shape index (κ3) is 6.43. The minimum Gasteiger partial charge on any atom is -0.459 e. The predicted molar refractivity (Wildman–Crippen MR) is 165 cm³/mol. The van der Waals surface area contributed by atoms with E-state index in [0.717, 1.165) is 0 Å². The van der Waals surface area contributed by atoms with Gasteiger partial charge in [0.05, 0.1) is 16.7 Å². The number of fused-ring (bicyclic) bond motifs is 1. The van der Waals surface area contributed by atoms with Gasteiger partial charge in [-0.3, -0.25) is 4.79 Å². The van der Waals surface area contributed by atoms with E-state index in [1.165, 1.54) is 4.68 Å². The number of halogens is 2. The van der Waals surface area contributed by atoms with Crippen molar-refractivity contribution in [2.24, 2.45) is 0 Å². The molecule has 0 radical (unpaired) electrons. The minimum atomic E-state index is -1.33. The van der Waals surface area contributed by atoms with Crippen LogP contribution in [0, 0.1) is 0 Å². The number of aromatic amines is 1. The second kappa shape index (κ2) is 13.1. The summed E-state index contributed by atoms with van der Waals surface area (Å²) in [7, 11) is 0. The summed E-state index contributed by atoms with van der Waals surface area (Å²) < 4.78 is 25.3. The molecule has 1 aliphatic heterocycles. The van der Waals surface area contributed by atoms with Gasteiger partial charge in [0.1, 0.15) is 22.7 Å². The van der Waals surface area contributed by atoms with Crippen LogP contribution in [-0.2, 0) is 18.9 Å². The highest BCUT2D eigenvalue weighted by atomic mass is 79.9. The summed E-state index contributed by atoms with van der Waals surface area (Å²) >= 11 is 6.49. The molecule has 0 aliphatic carbocycles. The zero-order valence-corrected chi connectivity index (χ0v) is 26.2. The molecule has 1 saturated heterocycles. The van der Waals surface area contributed by atoms with Crippen molar-refractivity contribution in [3.05, 3.63) is 127 Å². The summed E-state index contributed by atoms with van der Waals surface area (Å²) in [6, 6.07) is 24.8. The zero-order valence-electron chi connectivity index (χ0n) is 23.0. The summed E-state index contributed by atoms with van der Waals surface area (Å²) in [6.07, 6.45) is -5.03. The SMILES string of the molecule is O=C(OC[C@H]1O[C@@H](n2nc(Br)c3c(=O)[nH]c(Br)nc32)[C@H](OC(=O)c2ccccc2)[C@@H]1OC(=O)c1ccccc1)c1ccccc1. The maximum atomic E-state index is 13.4. The Morgan fingerprint density at radius 3 is 1.84 bits per heavy atom. The van der Waals surface area contributed by atoms with Crippen molar-refractivity contribution in [2.75, 3.05) is 6.61 Å². The average Bonchev–Trinajstić information content (AvgIpc) is 3.56. The van der Waals surface area contributed by atoms with E-state index in [4.69, 9.17) is 18.9 Å². The number of aromatic nitrogens is 4. The standard InChI is InChI=1S/C31H22Br2N4O8/c32-24-21-25(34-31(33)35-26(21)38)37(36-24)27-23(45-30(41)19-14-8-3-9-15-19)22(44-29(40)18-12-6-2-7-13-18)20(43-27)16-42-28(39)17-10-4-1-5-11-17/h1-15,20,22-23,27H,16H2,(H,34,35,38)/t20-,22-,23-,27-/m1/s1. The number of hydrogen-bond acceptors (Lipinski definition) is 10. The molecule has 5 aromatic rings. The van der Waals surface area contributed by atoms with Crippen molar-refractivity contribution in [1.29, 1.82) is 0 Å². The van der Waals surface area contributed by atoms with Crippen LogP contribution in [0.5, 0.6) is 0 Å². The molecular formula is C31H22Br2N4O8. The molecule has 2 aromatic heterocycles. The lowest BCUT2D eigenvalue weighted by Crippen LogP contribution is -2.41. The number of ether oxygens (including phenoxy) is 4. The number of hydrogen-bond donors (Lipinski definition) is 1. The quantitative estimate of drug-likeness (QED) is 0.133. The summed E-state index contributed by atoms with van der Waals surface area (Å²) in [5.41, 5.74) is 0.345. The van der Waals surface area contributed by atoms with E-state index in [0.29, 0.717) is 5.56 Å². The molecule has 1 fully saturated rings. The molecule has 3 heterocycles. The van der Waals surface area contributed by atoms with Crippen molar-refractivity contribution < 1.29 is 33.3 Å². The van der Waals surface area contributed by atoms with E-state index >= 15 is 0 Å². The second-order valence-corrected chi connectivity index (χ2v) is 11.3. The lowest BCUT2D eigenvalue weighted by atomic mass is 10.1. The Morgan fingerprint density at radius 2 is 1.29 bits per heavy atom. The highest BCUT2D eigenvalue weighted by Crippen LogP contribution is 2.37. The molecule has 6 rings (SSSR count). The van der Waals surface area contributed by atoms with Gasteiger partial charge in [0.25, 0.3) is 5.56 Å². The molecule has 45 heavy (non-hydrogen) atoms. The van der Waals surface area contributed by atoms with Crippen molar-refractivity contribution in [2.45, 2.75) is 24.5 Å². The number of H-pyrrole nitrogens is 1. The highest BCUT2D eigenvalue weighted by molar-refractivity contribution is 9.10. The number of nitrogens with one attached hydrogen (secondary N) is 1. The van der Waals surface area contributed by atoms with Gasteiger partial charge in [-0.15, -0.1) is 0 Å². The van der Waals surface area contributed by atoms with Gasteiger partial charge in [-0.2, -0.15) is 5.10 Å². The third-order valence-corrected chi connectivity index (χ3v) is 7.84. The highest BCUT2D eigenvalue weighted by Gasteiger charge is 2.52. The molecule has 4 atom stereocenters. The number of esters is 3. The third-order valence-electron chi connectivity index (χ3n) is 6.91. The van der Waals surface area contributed by atoms with Gasteiger partial charge in [-0.1, -0.05) is 54.6 Å². The van der Waals surface area contributed by atoms with Crippen molar-refractivity contribution >= 4 is 60.8 Å². The molecule has 12 nitrogen and oxygen atoms in total. The molecule has 0 spiro atoms. The first-order chi connectivity index (χ1) is 21.8. The molecule has 0 bridgehead atoms. The van der Waals surface area contributed by atoms with Crippen LogP contribution in [0.25, 0.3) is 11.0 Å². The zero-order chi connectivity index (χ0) is 31.5. The normalized spacial score (nSPS) is 19.2. The average molecular weight is 738 g/mol. The van der Waals surface area contributed by atoms with Crippen LogP contribution in [0.15, 0.2) is 105 Å². The number of carbonyl (C=O) groups excluding carboxylic acids is 3. The molecular weight excluding hydrogens is 716 g/mol. The summed E-state index contributed by atoms with van der Waals surface area (Å²) in [6.45, 7) is -0.381. The minimum absolute atomic E-state index is 0.0818. The molecule has 0 saturated carbocycles. The summed E-state index contributed by atoms with van der Waals surface area (Å²) in [5, 5.41) is 4.52. The first-order valence-electron chi connectivity index (χ1n) is 13.5. The fraction of sp³-hybridized carbons (Fsp3) is 0.161. The smallest absolute Gasteiger partial charge is 0.338 e. The van der Waals surface area contributed by atoms with Crippen LogP contribution in [0.2, 0.25) is 0 Å². The maximum absolute atomic E-state index is 13.4.